The Morgan fingerprint density at radius 1 is 1.08 bits per heavy atom. The molecule has 0 aliphatic rings. The zero-order valence-corrected chi connectivity index (χ0v) is 7.76. The third-order valence-electron chi connectivity index (χ3n) is 0.333. The van der Waals surface area contributed by atoms with E-state index in [0.717, 1.165) is 12.2 Å². The van der Waals surface area contributed by atoms with E-state index < -0.39 is 11.9 Å². The molecule has 0 N–H and O–H groups in total. The van der Waals surface area contributed by atoms with Gasteiger partial charge in [-0.05, 0) is 12.2 Å². The van der Waals surface area contributed by atoms with Gasteiger partial charge in [-0.25, -0.2) is 0 Å². The molecular formula is C6H7LiMnO4. The predicted octanol–water partition coefficient (Wildman–Crippen LogP) is -5.04. The Kier molecular flexibility index (Phi) is 31.7. The average molecular weight is 205 g/mol. The Bertz CT molecular complexity index is 145. The number of hydrogen-bond donors (Lipinski definition) is 0. The molecule has 0 aromatic carbocycles. The van der Waals surface area contributed by atoms with Gasteiger partial charge in [-0.1, -0.05) is 13.2 Å². The number of carboxylic acid groups (broad SMARTS) is 2. The molecule has 0 aromatic heterocycles. The van der Waals surface area contributed by atoms with Crippen molar-refractivity contribution in [3.8, 4) is 0 Å². The van der Waals surface area contributed by atoms with Gasteiger partial charge >= 0.3 is 35.9 Å². The molecular weight excluding hydrogens is 198 g/mol. The Hall–Kier alpha value is -0.463. The van der Waals surface area contributed by atoms with Crippen LogP contribution in [0, 0.1) is 0 Å². The Labute approximate surface area is 94.5 Å². The molecule has 0 saturated carbocycles. The smallest absolute Gasteiger partial charge is 1.00 e. The number of rotatable bonds is 2. The molecule has 1 radical (unpaired) electrons. The van der Waals surface area contributed by atoms with Gasteiger partial charge in [0.2, 0.25) is 0 Å². The first-order valence-electron chi connectivity index (χ1n) is 2.21. The van der Waals surface area contributed by atoms with E-state index in [1.165, 1.54) is 0 Å². The molecule has 0 atom stereocenters. The Morgan fingerprint density at radius 3 is 1.17 bits per heavy atom. The average Bonchev–Trinajstić information content (AvgIpc) is 1.89. The molecule has 0 spiro atoms. The fourth-order valence-corrected chi connectivity index (χ4v) is 0. The molecule has 0 unspecified atom stereocenters. The number of hydrogen-bond acceptors (Lipinski definition) is 4. The van der Waals surface area contributed by atoms with Crippen LogP contribution in [0.3, 0.4) is 0 Å². The number of carbonyl (C=O) groups excluding carboxylic acids is 2. The summed E-state index contributed by atoms with van der Waals surface area (Å²) in [4.78, 5) is 18.3. The fraction of sp³-hybridized carbons (Fsp3) is 0. The topological polar surface area (TPSA) is 80.3 Å². The SMILES string of the molecule is C=CC(=O)[O-].C=CC(=O)[O-].[H-].[Li+].[Mn+2]. The van der Waals surface area contributed by atoms with Gasteiger partial charge in [-0.3, -0.25) is 0 Å². The second-order valence-corrected chi connectivity index (χ2v) is 1.05. The van der Waals surface area contributed by atoms with E-state index >= 15 is 0 Å². The van der Waals surface area contributed by atoms with Gasteiger partial charge in [0.1, 0.15) is 0 Å². The molecule has 0 bridgehead atoms. The van der Waals surface area contributed by atoms with Gasteiger partial charge in [-0.2, -0.15) is 0 Å². The van der Waals surface area contributed by atoms with Crippen LogP contribution in [0.15, 0.2) is 25.3 Å². The van der Waals surface area contributed by atoms with E-state index in [0.29, 0.717) is 0 Å². The largest absolute Gasteiger partial charge is 2.00 e. The van der Waals surface area contributed by atoms with Crippen molar-refractivity contribution >= 4 is 11.9 Å². The van der Waals surface area contributed by atoms with Crippen molar-refractivity contribution in [3.63, 3.8) is 0 Å². The maximum absolute atomic E-state index is 9.14. The number of carbonyl (C=O) groups is 2. The zero-order chi connectivity index (χ0) is 8.57. The first kappa shape index (κ1) is 22.5. The maximum Gasteiger partial charge on any atom is 2.00 e. The Morgan fingerprint density at radius 2 is 1.17 bits per heavy atom. The molecule has 63 valence electrons. The summed E-state index contributed by atoms with van der Waals surface area (Å²) in [5.41, 5.74) is 0. The summed E-state index contributed by atoms with van der Waals surface area (Å²) >= 11 is 0. The molecule has 6 heteroatoms. The van der Waals surface area contributed by atoms with Crippen molar-refractivity contribution in [1.29, 1.82) is 0 Å². The summed E-state index contributed by atoms with van der Waals surface area (Å²) in [5.74, 6) is -2.46. The van der Waals surface area contributed by atoms with E-state index in [-0.39, 0.29) is 37.4 Å². The number of carboxylic acids is 2. The standard InChI is InChI=1S/2C3H4O2.Li.Mn.H/c2*1-2-3(4)5;;;/h2*2H,1H2,(H,4,5);;;/q;;+1;+2;-1/p-2. The minimum absolute atomic E-state index is 0. The molecule has 0 aliphatic heterocycles. The van der Waals surface area contributed by atoms with Crippen LogP contribution in [-0.4, -0.2) is 11.9 Å². The minimum atomic E-state index is -1.23. The van der Waals surface area contributed by atoms with Crippen LogP contribution in [-0.2, 0) is 26.7 Å². The molecule has 0 aromatic rings. The molecule has 0 amide bonds. The predicted molar refractivity (Wildman–Crippen MR) is 31.5 cm³/mol. The third kappa shape index (κ3) is 55.6. The van der Waals surface area contributed by atoms with Crippen LogP contribution >= 0.6 is 0 Å². The maximum atomic E-state index is 9.14. The van der Waals surface area contributed by atoms with Gasteiger partial charge in [0, 0.05) is 0 Å². The van der Waals surface area contributed by atoms with Gasteiger partial charge in [0.15, 0.2) is 0 Å². The molecule has 0 saturated heterocycles. The van der Waals surface area contributed by atoms with E-state index in [9.17, 15) is 0 Å². The van der Waals surface area contributed by atoms with Gasteiger partial charge < -0.3 is 21.2 Å². The van der Waals surface area contributed by atoms with Crippen molar-refractivity contribution in [2.45, 2.75) is 0 Å². The van der Waals surface area contributed by atoms with Crippen LogP contribution in [0.5, 0.6) is 0 Å². The van der Waals surface area contributed by atoms with E-state index in [1.54, 1.807) is 0 Å². The van der Waals surface area contributed by atoms with E-state index in [1.807, 2.05) is 0 Å². The van der Waals surface area contributed by atoms with Crippen LogP contribution in [0.4, 0.5) is 0 Å². The van der Waals surface area contributed by atoms with Crippen molar-refractivity contribution in [3.05, 3.63) is 25.3 Å². The summed E-state index contributed by atoms with van der Waals surface area (Å²) in [7, 11) is 0. The first-order chi connectivity index (χ1) is 4.54. The van der Waals surface area contributed by atoms with E-state index in [4.69, 9.17) is 19.8 Å². The van der Waals surface area contributed by atoms with Gasteiger partial charge in [-0.15, -0.1) is 0 Å². The van der Waals surface area contributed by atoms with Crippen molar-refractivity contribution in [2.24, 2.45) is 0 Å². The zero-order valence-electron chi connectivity index (χ0n) is 7.58. The monoisotopic (exact) mass is 205 g/mol. The summed E-state index contributed by atoms with van der Waals surface area (Å²) in [5, 5.41) is 18.3. The molecule has 12 heavy (non-hydrogen) atoms. The van der Waals surface area contributed by atoms with Crippen LogP contribution in [0.1, 0.15) is 1.43 Å². The van der Waals surface area contributed by atoms with Crippen molar-refractivity contribution < 1.29 is 57.2 Å². The second-order valence-electron chi connectivity index (χ2n) is 1.05. The number of aliphatic carboxylic acids is 2. The van der Waals surface area contributed by atoms with Crippen molar-refractivity contribution in [2.75, 3.05) is 0 Å². The Balaban J connectivity index is -0.0000000267. The normalized spacial score (nSPS) is 5.33. The molecule has 0 rings (SSSR count). The van der Waals surface area contributed by atoms with Crippen molar-refractivity contribution in [1.82, 2.24) is 0 Å². The molecule has 0 aliphatic carbocycles. The van der Waals surface area contributed by atoms with Crippen LogP contribution in [0.2, 0.25) is 0 Å². The first-order valence-corrected chi connectivity index (χ1v) is 2.21. The molecule has 4 nitrogen and oxygen atoms in total. The van der Waals surface area contributed by atoms with Crippen LogP contribution < -0.4 is 29.1 Å². The summed E-state index contributed by atoms with van der Waals surface area (Å²) in [6.07, 6.45) is 1.44. The van der Waals surface area contributed by atoms with E-state index in [2.05, 4.69) is 13.2 Å². The minimum Gasteiger partial charge on any atom is -1.00 e. The summed E-state index contributed by atoms with van der Waals surface area (Å²) < 4.78 is 0. The third-order valence-corrected chi connectivity index (χ3v) is 0.333. The second kappa shape index (κ2) is 16.9. The van der Waals surface area contributed by atoms with Gasteiger partial charge in [0.05, 0.1) is 11.9 Å². The molecule has 0 heterocycles. The summed E-state index contributed by atoms with van der Waals surface area (Å²) in [6, 6.07) is 0. The van der Waals surface area contributed by atoms with Crippen LogP contribution in [0.25, 0.3) is 0 Å². The fourth-order valence-electron chi connectivity index (χ4n) is 0. The quantitative estimate of drug-likeness (QED) is 0.333. The van der Waals surface area contributed by atoms with Gasteiger partial charge in [0.25, 0.3) is 0 Å². The molecule has 0 fully saturated rings. The summed E-state index contributed by atoms with van der Waals surface area (Å²) in [6.45, 7) is 5.80.